The molecule has 1 aliphatic carbocycles. The van der Waals surface area contributed by atoms with Crippen molar-refractivity contribution in [3.05, 3.63) is 115 Å². The molecule has 0 radical (unpaired) electrons. The smallest absolute Gasteiger partial charge is 0.126 e. The van der Waals surface area contributed by atoms with Crippen LogP contribution in [0.4, 0.5) is 0 Å². The summed E-state index contributed by atoms with van der Waals surface area (Å²) in [5.41, 5.74) is 26.3. The second kappa shape index (κ2) is 18.9. The normalized spacial score (nSPS) is 13.6. The minimum atomic E-state index is -0.107. The summed E-state index contributed by atoms with van der Waals surface area (Å²) in [7, 11) is 0. The lowest BCUT2D eigenvalue weighted by molar-refractivity contribution is 0.307. The van der Waals surface area contributed by atoms with Crippen LogP contribution >= 0.6 is 0 Å². The third-order valence-electron chi connectivity index (χ3n) is 11.6. The van der Waals surface area contributed by atoms with E-state index in [0.717, 1.165) is 80.3 Å². The molecule has 4 aromatic carbocycles. The molecular weight excluding hydrogens is 741 g/mol. The molecule has 0 atom stereocenters. The molecule has 0 amide bonds. The van der Waals surface area contributed by atoms with Crippen molar-refractivity contribution in [1.82, 2.24) is 0 Å². The van der Waals surface area contributed by atoms with Crippen molar-refractivity contribution >= 4 is 0 Å². The Bertz CT molecular complexity index is 1710. The molecule has 5 rings (SSSR count). The highest BCUT2D eigenvalue weighted by molar-refractivity contribution is 5.60. The number of hydrogen-bond acceptors (Lipinski definition) is 6. The van der Waals surface area contributed by atoms with Crippen LogP contribution < -0.4 is 30.4 Å². The first-order valence-corrected chi connectivity index (χ1v) is 22.6. The Balaban J connectivity index is 2.02. The Morgan fingerprint density at radius 1 is 0.350 bits per heavy atom. The number of hydrogen-bond donors (Lipinski definition) is 2. The van der Waals surface area contributed by atoms with Gasteiger partial charge in [0.05, 0.1) is 13.2 Å². The maximum absolute atomic E-state index is 6.91. The third-order valence-corrected chi connectivity index (χ3v) is 11.6. The lowest BCUT2D eigenvalue weighted by atomic mass is 9.79. The van der Waals surface area contributed by atoms with E-state index in [9.17, 15) is 0 Å². The van der Waals surface area contributed by atoms with Gasteiger partial charge in [-0.05, 0) is 101 Å². The van der Waals surface area contributed by atoms with Gasteiger partial charge >= 0.3 is 0 Å². The summed E-state index contributed by atoms with van der Waals surface area (Å²) in [6.07, 6.45) is 4.37. The van der Waals surface area contributed by atoms with Crippen LogP contribution in [0.15, 0.2) is 48.5 Å². The molecule has 0 saturated carbocycles. The Hall–Kier alpha value is -4.00. The van der Waals surface area contributed by atoms with Crippen LogP contribution in [-0.2, 0) is 47.3 Å². The van der Waals surface area contributed by atoms with Crippen molar-refractivity contribution in [1.29, 1.82) is 0 Å². The van der Waals surface area contributed by atoms with Crippen molar-refractivity contribution in [2.45, 2.75) is 157 Å². The number of benzene rings is 4. The number of rotatable bonds is 12. The summed E-state index contributed by atoms with van der Waals surface area (Å²) in [4.78, 5) is 0. The Morgan fingerprint density at radius 2 is 0.533 bits per heavy atom. The zero-order chi connectivity index (χ0) is 44.2. The van der Waals surface area contributed by atoms with Crippen LogP contribution in [0.2, 0.25) is 0 Å². The summed E-state index contributed by atoms with van der Waals surface area (Å²) in [6, 6.07) is 19.0. The molecule has 0 aromatic heterocycles. The molecule has 6 heteroatoms. The SMILES string of the molecule is CCCOc1c2cc(C(C)(C)C)cc1Cc1cc(C(C)(C)C)cc(c1OCCN)Cc1cc(C(C)(C)C)cc(c1OCCC)Cc1cc(C(C)(C)C)cc(c1OCCN)C2. The number of nitrogens with two attached hydrogens (primary N) is 2. The Kier molecular flexibility index (Phi) is 14.9. The van der Waals surface area contributed by atoms with Gasteiger partial charge in [-0.25, -0.2) is 0 Å². The van der Waals surface area contributed by atoms with Crippen LogP contribution in [0.3, 0.4) is 0 Å². The zero-order valence-corrected chi connectivity index (χ0v) is 39.9. The van der Waals surface area contributed by atoms with E-state index in [1.807, 2.05) is 0 Å². The average molecular weight is 819 g/mol. The first-order valence-electron chi connectivity index (χ1n) is 22.6. The maximum Gasteiger partial charge on any atom is 0.126 e. The van der Waals surface area contributed by atoms with E-state index in [1.165, 1.54) is 22.3 Å². The molecule has 0 heterocycles. The van der Waals surface area contributed by atoms with E-state index in [0.29, 0.717) is 65.2 Å². The fourth-order valence-corrected chi connectivity index (χ4v) is 8.09. The quantitative estimate of drug-likeness (QED) is 0.130. The first kappa shape index (κ1) is 47.1. The van der Waals surface area contributed by atoms with Gasteiger partial charge < -0.3 is 30.4 Å². The van der Waals surface area contributed by atoms with Gasteiger partial charge in [-0.1, -0.05) is 145 Å². The lowest BCUT2D eigenvalue weighted by Gasteiger charge is -2.29. The van der Waals surface area contributed by atoms with Gasteiger partial charge in [0, 0.05) is 38.8 Å². The van der Waals surface area contributed by atoms with Gasteiger partial charge in [0.1, 0.15) is 36.2 Å². The van der Waals surface area contributed by atoms with E-state index in [1.54, 1.807) is 0 Å². The van der Waals surface area contributed by atoms with Gasteiger partial charge in [0.25, 0.3) is 0 Å². The fraction of sp³-hybridized carbons (Fsp3) is 0.556. The zero-order valence-electron chi connectivity index (χ0n) is 39.9. The van der Waals surface area contributed by atoms with E-state index < -0.39 is 0 Å². The largest absolute Gasteiger partial charge is 0.493 e. The summed E-state index contributed by atoms with van der Waals surface area (Å²) in [5.74, 6) is 3.72. The van der Waals surface area contributed by atoms with Gasteiger partial charge in [-0.2, -0.15) is 0 Å². The average Bonchev–Trinajstić information content (AvgIpc) is 3.14. The molecule has 4 N–H and O–H groups in total. The van der Waals surface area contributed by atoms with Gasteiger partial charge in [-0.3, -0.25) is 0 Å². The van der Waals surface area contributed by atoms with Crippen molar-refractivity contribution in [2.75, 3.05) is 39.5 Å². The second-order valence-electron chi connectivity index (χ2n) is 21.2. The van der Waals surface area contributed by atoms with Gasteiger partial charge in [-0.15, -0.1) is 0 Å². The molecule has 328 valence electrons. The van der Waals surface area contributed by atoms with Crippen molar-refractivity contribution in [2.24, 2.45) is 11.5 Å². The molecule has 8 bridgehead atoms. The summed E-state index contributed by atoms with van der Waals surface area (Å²) < 4.78 is 27.4. The minimum Gasteiger partial charge on any atom is -0.493 e. The Morgan fingerprint density at radius 3 is 0.683 bits per heavy atom. The standard InChI is InChI=1S/C54H78N2O4/c1-15-19-57-47-35-23-39-31-45(53(9,10)11)33-41(49(39)59-21-17-55)25-37-29-44(52(6,7)8)30-38(48(37)58-20-16-2)26-42-34-46(54(12,13)14)32-40(50(42)60-22-18-56)24-36(47)28-43(27-35)51(3,4)5/h27-34H,15-26,55-56H2,1-14H3. The molecule has 0 aliphatic heterocycles. The highest BCUT2D eigenvalue weighted by atomic mass is 16.5. The molecule has 60 heavy (non-hydrogen) atoms. The fourth-order valence-electron chi connectivity index (χ4n) is 8.09. The molecular formula is C54H78N2O4. The summed E-state index contributed by atoms with van der Waals surface area (Å²) in [5, 5.41) is 0. The van der Waals surface area contributed by atoms with Crippen LogP contribution in [0.5, 0.6) is 23.0 Å². The maximum atomic E-state index is 6.91. The molecule has 1 aliphatic rings. The van der Waals surface area contributed by atoms with E-state index >= 15 is 0 Å². The van der Waals surface area contributed by atoms with E-state index in [-0.39, 0.29) is 21.7 Å². The second-order valence-corrected chi connectivity index (χ2v) is 21.2. The van der Waals surface area contributed by atoms with Gasteiger partial charge in [0.15, 0.2) is 0 Å². The molecule has 4 aromatic rings. The monoisotopic (exact) mass is 819 g/mol. The minimum absolute atomic E-state index is 0.107. The van der Waals surface area contributed by atoms with Crippen LogP contribution in [0.25, 0.3) is 0 Å². The van der Waals surface area contributed by atoms with Crippen molar-refractivity contribution in [3.63, 3.8) is 0 Å². The van der Waals surface area contributed by atoms with E-state index in [4.69, 9.17) is 30.4 Å². The van der Waals surface area contributed by atoms with Crippen LogP contribution in [-0.4, -0.2) is 39.5 Å². The third kappa shape index (κ3) is 11.3. The van der Waals surface area contributed by atoms with E-state index in [2.05, 4.69) is 145 Å². The Labute approximate surface area is 364 Å². The molecule has 0 saturated heterocycles. The highest BCUT2D eigenvalue weighted by Crippen LogP contribution is 2.44. The molecule has 0 unspecified atom stereocenters. The van der Waals surface area contributed by atoms with Crippen LogP contribution in [0, 0.1) is 0 Å². The molecule has 0 spiro atoms. The lowest BCUT2D eigenvalue weighted by Crippen LogP contribution is -2.19. The summed E-state index contributed by atoms with van der Waals surface area (Å²) >= 11 is 0. The predicted octanol–water partition coefficient (Wildman–Crippen LogP) is 11.8. The van der Waals surface area contributed by atoms with Crippen LogP contribution in [0.1, 0.15) is 177 Å². The molecule has 6 nitrogen and oxygen atoms in total. The number of ether oxygens (including phenoxy) is 4. The summed E-state index contributed by atoms with van der Waals surface area (Å²) in [6.45, 7) is 34.9. The van der Waals surface area contributed by atoms with Crippen molar-refractivity contribution < 1.29 is 18.9 Å². The first-order chi connectivity index (χ1) is 28.1. The predicted molar refractivity (Wildman–Crippen MR) is 252 cm³/mol. The highest BCUT2D eigenvalue weighted by Gasteiger charge is 2.29. The number of fused-ring (bicyclic) bond motifs is 8. The topological polar surface area (TPSA) is 89.0 Å². The van der Waals surface area contributed by atoms with Crippen molar-refractivity contribution in [3.8, 4) is 23.0 Å². The van der Waals surface area contributed by atoms with Gasteiger partial charge in [0.2, 0.25) is 0 Å². The molecule has 0 fully saturated rings.